The van der Waals surface area contributed by atoms with Gasteiger partial charge in [-0.25, -0.2) is 8.42 Å². The van der Waals surface area contributed by atoms with Crippen LogP contribution in [0.15, 0.2) is 33.9 Å². The van der Waals surface area contributed by atoms with Crippen molar-refractivity contribution in [2.24, 2.45) is 5.92 Å². The van der Waals surface area contributed by atoms with Gasteiger partial charge in [0, 0.05) is 55.6 Å². The molecule has 1 atom stereocenters. The molecule has 2 aliphatic heterocycles. The number of hydrogen-bond acceptors (Lipinski definition) is 6. The molecule has 0 unspecified atom stereocenters. The second-order valence-corrected chi connectivity index (χ2v) is 12.2. The first-order valence-corrected chi connectivity index (χ1v) is 13.2. The molecule has 9 heteroatoms. The summed E-state index contributed by atoms with van der Waals surface area (Å²) in [4.78, 5) is 19.7. The van der Waals surface area contributed by atoms with Gasteiger partial charge >= 0.3 is 0 Å². The number of nitrogens with zero attached hydrogens (tertiary/aromatic N) is 3. The Labute approximate surface area is 180 Å². The molecular formula is C20H27N3O3S3. The molecule has 4 rings (SSSR count). The smallest absolute Gasteiger partial charge is 0.252 e. The highest BCUT2D eigenvalue weighted by atomic mass is 32.2. The standard InChI is InChI=1S/C20H27N3O3S3/c1-16-6-7-19(28-16)29(25,26)23-8-2-4-17(14-23)20(24)22-11-9-21(10-12-22)15-18-5-3-13-27-18/h3,5-7,13,17H,2,4,8-12,14-15H2,1H3/t17-/m0/s1. The third kappa shape index (κ3) is 4.74. The number of hydrogen-bond donors (Lipinski definition) is 0. The van der Waals surface area contributed by atoms with Gasteiger partial charge in [0.1, 0.15) is 4.21 Å². The summed E-state index contributed by atoms with van der Waals surface area (Å²) in [5, 5.41) is 2.09. The van der Waals surface area contributed by atoms with E-state index in [9.17, 15) is 13.2 Å². The van der Waals surface area contributed by atoms with Crippen LogP contribution in [0.1, 0.15) is 22.6 Å². The molecule has 0 saturated carbocycles. The van der Waals surface area contributed by atoms with Crippen LogP contribution in [-0.2, 0) is 21.4 Å². The average Bonchev–Trinajstić information content (AvgIpc) is 3.40. The monoisotopic (exact) mass is 453 g/mol. The largest absolute Gasteiger partial charge is 0.340 e. The van der Waals surface area contributed by atoms with Gasteiger partial charge in [-0.05, 0) is 43.3 Å². The fourth-order valence-corrected chi connectivity index (χ4v) is 7.76. The zero-order valence-electron chi connectivity index (χ0n) is 16.6. The van der Waals surface area contributed by atoms with E-state index < -0.39 is 10.0 Å². The van der Waals surface area contributed by atoms with Gasteiger partial charge < -0.3 is 4.90 Å². The summed E-state index contributed by atoms with van der Waals surface area (Å²) in [5.74, 6) is -0.119. The van der Waals surface area contributed by atoms with E-state index in [0.717, 1.165) is 50.4 Å². The Balaban J connectivity index is 1.34. The van der Waals surface area contributed by atoms with E-state index in [1.807, 2.05) is 17.9 Å². The van der Waals surface area contributed by atoms with Crippen LogP contribution in [0.4, 0.5) is 0 Å². The highest BCUT2D eigenvalue weighted by molar-refractivity contribution is 7.91. The minimum absolute atomic E-state index is 0.114. The fourth-order valence-electron chi connectivity index (χ4n) is 4.05. The van der Waals surface area contributed by atoms with Gasteiger partial charge in [0.15, 0.2) is 0 Å². The van der Waals surface area contributed by atoms with Gasteiger partial charge in [0.05, 0.1) is 5.92 Å². The maximum atomic E-state index is 13.1. The minimum atomic E-state index is -3.50. The van der Waals surface area contributed by atoms with Crippen molar-refractivity contribution in [3.63, 3.8) is 0 Å². The van der Waals surface area contributed by atoms with Gasteiger partial charge in [-0.2, -0.15) is 4.31 Å². The Morgan fingerprint density at radius 1 is 1.14 bits per heavy atom. The molecule has 2 aliphatic rings. The molecular weight excluding hydrogens is 426 g/mol. The number of piperidine rings is 1. The highest BCUT2D eigenvalue weighted by Gasteiger charge is 2.36. The highest BCUT2D eigenvalue weighted by Crippen LogP contribution is 2.29. The maximum absolute atomic E-state index is 13.1. The van der Waals surface area contributed by atoms with Crippen molar-refractivity contribution < 1.29 is 13.2 Å². The van der Waals surface area contributed by atoms with Crippen LogP contribution in [0.2, 0.25) is 0 Å². The van der Waals surface area contributed by atoms with Gasteiger partial charge in [0.25, 0.3) is 10.0 Å². The Hall–Kier alpha value is -1.26. The first-order chi connectivity index (χ1) is 13.9. The quantitative estimate of drug-likeness (QED) is 0.699. The van der Waals surface area contributed by atoms with Gasteiger partial charge in [0.2, 0.25) is 5.91 Å². The van der Waals surface area contributed by atoms with Crippen LogP contribution in [0, 0.1) is 12.8 Å². The van der Waals surface area contributed by atoms with Gasteiger partial charge in [-0.3, -0.25) is 9.69 Å². The van der Waals surface area contributed by atoms with Crippen molar-refractivity contribution in [2.75, 3.05) is 39.3 Å². The van der Waals surface area contributed by atoms with E-state index in [1.165, 1.54) is 20.5 Å². The maximum Gasteiger partial charge on any atom is 0.252 e. The SMILES string of the molecule is Cc1ccc(S(=O)(=O)N2CCC[C@H](C(=O)N3CCN(Cc4cccs4)CC3)C2)s1. The molecule has 6 nitrogen and oxygen atoms in total. The number of amides is 1. The summed E-state index contributed by atoms with van der Waals surface area (Å²) in [6.45, 7) is 6.82. The lowest BCUT2D eigenvalue weighted by atomic mass is 9.98. The van der Waals surface area contributed by atoms with E-state index in [0.29, 0.717) is 17.3 Å². The predicted molar refractivity (Wildman–Crippen MR) is 117 cm³/mol. The van der Waals surface area contributed by atoms with Crippen LogP contribution >= 0.6 is 22.7 Å². The molecule has 0 N–H and O–H groups in total. The van der Waals surface area contributed by atoms with Crippen LogP contribution < -0.4 is 0 Å². The molecule has 0 radical (unpaired) electrons. The van der Waals surface area contributed by atoms with E-state index in [2.05, 4.69) is 22.4 Å². The molecule has 29 heavy (non-hydrogen) atoms. The third-order valence-electron chi connectivity index (χ3n) is 5.69. The summed E-state index contributed by atoms with van der Waals surface area (Å²) in [6, 6.07) is 7.72. The number of aryl methyl sites for hydroxylation is 1. The van der Waals surface area contributed by atoms with Crippen molar-refractivity contribution in [3.05, 3.63) is 39.4 Å². The third-order valence-corrected chi connectivity index (χ3v) is 9.88. The van der Waals surface area contributed by atoms with Gasteiger partial charge in [-0.1, -0.05) is 6.07 Å². The summed E-state index contributed by atoms with van der Waals surface area (Å²) in [7, 11) is -3.50. The molecule has 0 bridgehead atoms. The Bertz CT molecular complexity index is 931. The lowest BCUT2D eigenvalue weighted by Crippen LogP contribution is -2.52. The van der Waals surface area contributed by atoms with Crippen molar-refractivity contribution in [1.82, 2.24) is 14.1 Å². The lowest BCUT2D eigenvalue weighted by Gasteiger charge is -2.38. The van der Waals surface area contributed by atoms with Crippen molar-refractivity contribution >= 4 is 38.6 Å². The van der Waals surface area contributed by atoms with E-state index in [-0.39, 0.29) is 11.8 Å². The van der Waals surface area contributed by atoms with E-state index >= 15 is 0 Å². The Kier molecular flexibility index (Phi) is 6.41. The summed E-state index contributed by atoms with van der Waals surface area (Å²) >= 11 is 3.06. The second kappa shape index (κ2) is 8.85. The van der Waals surface area contributed by atoms with Crippen molar-refractivity contribution in [2.45, 2.75) is 30.5 Å². The Morgan fingerprint density at radius 2 is 1.93 bits per heavy atom. The molecule has 0 aromatic carbocycles. The topological polar surface area (TPSA) is 60.9 Å². The molecule has 2 fully saturated rings. The normalized spacial score (nSPS) is 22.1. The summed E-state index contributed by atoms with van der Waals surface area (Å²) < 4.78 is 27.8. The number of carbonyl (C=O) groups excluding carboxylic acids is 1. The predicted octanol–water partition coefficient (Wildman–Crippen LogP) is 2.86. The number of thiophene rings is 2. The van der Waals surface area contributed by atoms with E-state index in [4.69, 9.17) is 0 Å². The molecule has 0 aliphatic carbocycles. The zero-order valence-corrected chi connectivity index (χ0v) is 19.1. The molecule has 2 saturated heterocycles. The minimum Gasteiger partial charge on any atom is -0.340 e. The van der Waals surface area contributed by atoms with Crippen molar-refractivity contribution in [1.29, 1.82) is 0 Å². The first kappa shape index (κ1) is 21.0. The molecule has 2 aromatic rings. The summed E-state index contributed by atoms with van der Waals surface area (Å²) in [6.07, 6.45) is 1.50. The number of rotatable bonds is 5. The molecule has 2 aromatic heterocycles. The van der Waals surface area contributed by atoms with Crippen molar-refractivity contribution in [3.8, 4) is 0 Å². The first-order valence-electron chi connectivity index (χ1n) is 10.0. The summed E-state index contributed by atoms with van der Waals surface area (Å²) in [5.41, 5.74) is 0. The molecule has 4 heterocycles. The molecule has 0 spiro atoms. The molecule has 1 amide bonds. The van der Waals surface area contributed by atoms with Crippen LogP contribution in [-0.4, -0.2) is 67.7 Å². The fraction of sp³-hybridized carbons (Fsp3) is 0.550. The second-order valence-electron chi connectivity index (χ2n) is 7.75. The zero-order chi connectivity index (χ0) is 20.4. The molecule has 158 valence electrons. The lowest BCUT2D eigenvalue weighted by molar-refractivity contribution is -0.138. The number of carbonyl (C=O) groups is 1. The van der Waals surface area contributed by atoms with E-state index in [1.54, 1.807) is 17.4 Å². The van der Waals surface area contributed by atoms with Crippen LogP contribution in [0.5, 0.6) is 0 Å². The van der Waals surface area contributed by atoms with Crippen LogP contribution in [0.3, 0.4) is 0 Å². The van der Waals surface area contributed by atoms with Crippen LogP contribution in [0.25, 0.3) is 0 Å². The number of sulfonamides is 1. The number of piperazine rings is 1. The van der Waals surface area contributed by atoms with Gasteiger partial charge in [-0.15, -0.1) is 22.7 Å². The average molecular weight is 454 g/mol. The Morgan fingerprint density at radius 3 is 2.59 bits per heavy atom.